The summed E-state index contributed by atoms with van der Waals surface area (Å²) in [6, 6.07) is 21.7. The number of carbonyl (C=O) groups is 3. The van der Waals surface area contributed by atoms with Crippen molar-refractivity contribution in [2.24, 2.45) is 5.92 Å². The molecule has 1 unspecified atom stereocenters. The van der Waals surface area contributed by atoms with E-state index >= 15 is 0 Å². The first-order chi connectivity index (χ1) is 29.9. The fourth-order valence-corrected chi connectivity index (χ4v) is 8.07. The Hall–Kier alpha value is -6.32. The number of nitrogens with zero attached hydrogens (tertiary/aromatic N) is 4. The number of allylic oxidation sites excluding steroid dienone is 1. The summed E-state index contributed by atoms with van der Waals surface area (Å²) < 4.78 is 11.7. The van der Waals surface area contributed by atoms with Crippen molar-refractivity contribution >= 4 is 69.0 Å². The molecule has 0 radical (unpaired) electrons. The summed E-state index contributed by atoms with van der Waals surface area (Å²) in [5.41, 5.74) is 5.41. The Morgan fingerprint density at radius 3 is 2.30 bits per heavy atom. The highest BCUT2D eigenvalue weighted by Crippen LogP contribution is 2.40. The van der Waals surface area contributed by atoms with Crippen LogP contribution in [0.15, 0.2) is 77.2 Å². The SMILES string of the molecule is CCC(C)(C)c1cc(C(C)(C)CC)c2oc(C(C#N)=Cc3ccc(N(C(=O)CC(C(=O)Nc4cc([N+](=O)[O-])ccc4Cl)C(=O)c4ccc(OC)cc4)C4CCCC4)cc3C)nc2c1. The lowest BCUT2D eigenvalue weighted by atomic mass is 9.76. The predicted molar refractivity (Wildman–Crippen MR) is 247 cm³/mol. The van der Waals surface area contributed by atoms with Gasteiger partial charge in [0.1, 0.15) is 28.8 Å². The molecule has 1 fully saturated rings. The fraction of sp³-hybridized carbons (Fsp3) is 0.380. The maximum absolute atomic E-state index is 14.6. The molecule has 1 saturated carbocycles. The van der Waals surface area contributed by atoms with Gasteiger partial charge in [-0.05, 0) is 115 Å². The number of rotatable bonds is 16. The number of nitriles is 1. The van der Waals surface area contributed by atoms with E-state index in [1.165, 1.54) is 31.4 Å². The first-order valence-corrected chi connectivity index (χ1v) is 21.7. The first-order valence-electron chi connectivity index (χ1n) is 21.3. The number of oxazole rings is 1. The molecule has 0 saturated heterocycles. The zero-order valence-corrected chi connectivity index (χ0v) is 37.9. The van der Waals surface area contributed by atoms with Crippen LogP contribution in [0.1, 0.15) is 125 Å². The van der Waals surface area contributed by atoms with Gasteiger partial charge in [-0.15, -0.1) is 0 Å². The molecule has 1 heterocycles. The molecule has 0 bridgehead atoms. The summed E-state index contributed by atoms with van der Waals surface area (Å²) in [5.74, 6) is -2.71. The van der Waals surface area contributed by atoms with Crippen LogP contribution >= 0.6 is 11.6 Å². The molecule has 1 aliphatic rings. The quantitative estimate of drug-likeness (QED) is 0.0333. The van der Waals surface area contributed by atoms with Crippen LogP contribution in [0.3, 0.4) is 0 Å². The lowest BCUT2D eigenvalue weighted by molar-refractivity contribution is -0.384. The molecule has 12 nitrogen and oxygen atoms in total. The number of non-ortho nitro benzene ring substituents is 1. The number of nitrogens with one attached hydrogen (secondary N) is 1. The van der Waals surface area contributed by atoms with E-state index < -0.39 is 34.9 Å². The predicted octanol–water partition coefficient (Wildman–Crippen LogP) is 11.9. The molecule has 328 valence electrons. The number of anilines is 2. The van der Waals surface area contributed by atoms with Gasteiger partial charge in [0.05, 0.1) is 22.7 Å². The standard InChI is InChI=1S/C50H54ClN5O7/c1-9-49(4,5)34-25-40(50(6,7)10-2)46-43(26-34)54-48(63-46)33(29-52)24-32-15-18-36(23-30(32)3)55(35-13-11-12-14-35)44(57)28-39(45(58)31-16-20-38(62-8)21-17-31)47(59)53-42-27-37(56(60)61)19-22-41(42)51/h15-27,35,39H,9-14,28H2,1-8H3,(H,53,59). The number of amides is 2. The fourth-order valence-electron chi connectivity index (χ4n) is 7.90. The van der Waals surface area contributed by atoms with Gasteiger partial charge in [0.15, 0.2) is 11.4 Å². The average molecular weight is 872 g/mol. The third kappa shape index (κ3) is 10.00. The van der Waals surface area contributed by atoms with Crippen molar-refractivity contribution in [3.63, 3.8) is 0 Å². The number of nitro benzene ring substituents is 1. The van der Waals surface area contributed by atoms with Crippen molar-refractivity contribution in [2.75, 3.05) is 17.3 Å². The van der Waals surface area contributed by atoms with Crippen molar-refractivity contribution in [3.05, 3.63) is 122 Å². The van der Waals surface area contributed by atoms with Crippen LogP contribution in [-0.4, -0.2) is 40.7 Å². The molecule has 1 aromatic heterocycles. The molecule has 6 rings (SSSR count). The Bertz CT molecular complexity index is 2630. The minimum atomic E-state index is -1.52. The molecule has 1 atom stereocenters. The number of hydrogen-bond donors (Lipinski definition) is 1. The number of methoxy groups -OCH3 is 1. The highest BCUT2D eigenvalue weighted by molar-refractivity contribution is 6.34. The van der Waals surface area contributed by atoms with E-state index in [0.29, 0.717) is 22.5 Å². The van der Waals surface area contributed by atoms with Crippen LogP contribution in [0.2, 0.25) is 5.02 Å². The van der Waals surface area contributed by atoms with E-state index in [1.54, 1.807) is 29.2 Å². The number of aryl methyl sites for hydroxylation is 1. The van der Waals surface area contributed by atoms with Crippen molar-refractivity contribution in [3.8, 4) is 11.8 Å². The summed E-state index contributed by atoms with van der Waals surface area (Å²) in [4.78, 5) is 60.3. The van der Waals surface area contributed by atoms with Gasteiger partial charge in [0, 0.05) is 41.4 Å². The van der Waals surface area contributed by atoms with Crippen molar-refractivity contribution in [2.45, 2.75) is 110 Å². The third-order valence-electron chi connectivity index (χ3n) is 12.7. The number of ether oxygens (including phenoxy) is 1. The Kier molecular flexibility index (Phi) is 13.9. The molecule has 63 heavy (non-hydrogen) atoms. The highest BCUT2D eigenvalue weighted by Gasteiger charge is 2.36. The summed E-state index contributed by atoms with van der Waals surface area (Å²) in [7, 11) is 1.49. The molecule has 0 spiro atoms. The maximum Gasteiger partial charge on any atom is 0.271 e. The number of aromatic nitrogens is 1. The van der Waals surface area contributed by atoms with Crippen LogP contribution in [-0.2, 0) is 20.4 Å². The number of Topliss-reactive ketones (excluding diaryl/α,β-unsaturated/α-hetero) is 1. The third-order valence-corrected chi connectivity index (χ3v) is 13.0. The summed E-state index contributed by atoms with van der Waals surface area (Å²) in [5, 5.41) is 24.6. The Morgan fingerprint density at radius 2 is 1.70 bits per heavy atom. The van der Waals surface area contributed by atoms with Gasteiger partial charge >= 0.3 is 0 Å². The zero-order valence-electron chi connectivity index (χ0n) is 37.1. The van der Waals surface area contributed by atoms with E-state index in [1.807, 2.05) is 19.1 Å². The number of hydrogen-bond acceptors (Lipinski definition) is 9. The van der Waals surface area contributed by atoms with Crippen LogP contribution in [0, 0.1) is 34.3 Å². The lowest BCUT2D eigenvalue weighted by Crippen LogP contribution is -2.42. The number of ketones is 1. The minimum Gasteiger partial charge on any atom is -0.497 e. The Morgan fingerprint density at radius 1 is 1.02 bits per heavy atom. The normalized spacial score (nSPS) is 14.0. The second kappa shape index (κ2) is 19.0. The van der Waals surface area contributed by atoms with Crippen molar-refractivity contribution < 1.29 is 28.5 Å². The van der Waals surface area contributed by atoms with Crippen LogP contribution in [0.4, 0.5) is 17.1 Å². The van der Waals surface area contributed by atoms with Gasteiger partial charge in [-0.2, -0.15) is 5.26 Å². The number of halogens is 1. The van der Waals surface area contributed by atoms with Crippen LogP contribution in [0.25, 0.3) is 22.7 Å². The van der Waals surface area contributed by atoms with Crippen LogP contribution in [0.5, 0.6) is 5.75 Å². The van der Waals surface area contributed by atoms with E-state index in [0.717, 1.165) is 66.8 Å². The Labute approximate surface area is 373 Å². The molecule has 5 aromatic rings. The summed E-state index contributed by atoms with van der Waals surface area (Å²) in [6.45, 7) is 15.0. The van der Waals surface area contributed by atoms with Gasteiger partial charge in [0.25, 0.3) is 5.69 Å². The van der Waals surface area contributed by atoms with Crippen molar-refractivity contribution in [1.82, 2.24) is 4.98 Å². The molecule has 1 aliphatic carbocycles. The van der Waals surface area contributed by atoms with E-state index in [9.17, 15) is 29.8 Å². The number of carbonyl (C=O) groups excluding carboxylic acids is 3. The van der Waals surface area contributed by atoms with Crippen LogP contribution < -0.4 is 15.0 Å². The molecule has 1 N–H and O–H groups in total. The van der Waals surface area contributed by atoms with Gasteiger partial charge < -0.3 is 19.4 Å². The van der Waals surface area contributed by atoms with Crippen molar-refractivity contribution in [1.29, 1.82) is 5.26 Å². The summed E-state index contributed by atoms with van der Waals surface area (Å²) in [6.07, 6.45) is 6.31. The van der Waals surface area contributed by atoms with Gasteiger partial charge in [0.2, 0.25) is 17.7 Å². The van der Waals surface area contributed by atoms with Gasteiger partial charge in [-0.1, -0.05) is 78.1 Å². The van der Waals surface area contributed by atoms with E-state index in [4.69, 9.17) is 25.7 Å². The smallest absolute Gasteiger partial charge is 0.271 e. The lowest BCUT2D eigenvalue weighted by Gasteiger charge is -2.31. The molecule has 13 heteroatoms. The number of fused-ring (bicyclic) bond motifs is 1. The van der Waals surface area contributed by atoms with E-state index in [2.05, 4.69) is 65.1 Å². The average Bonchev–Trinajstić information content (AvgIpc) is 3.96. The second-order valence-corrected chi connectivity index (χ2v) is 17.9. The Balaban J connectivity index is 1.35. The maximum atomic E-state index is 14.6. The molecule has 0 aliphatic heterocycles. The second-order valence-electron chi connectivity index (χ2n) is 17.5. The largest absolute Gasteiger partial charge is 0.497 e. The summed E-state index contributed by atoms with van der Waals surface area (Å²) >= 11 is 6.34. The van der Waals surface area contributed by atoms with Gasteiger partial charge in [-0.25, -0.2) is 4.98 Å². The van der Waals surface area contributed by atoms with E-state index in [-0.39, 0.29) is 50.3 Å². The molecule has 4 aromatic carbocycles. The van der Waals surface area contributed by atoms with Gasteiger partial charge in [-0.3, -0.25) is 24.5 Å². The molecular formula is C50H54ClN5O7. The minimum absolute atomic E-state index is 0.0270. The molecular weight excluding hydrogens is 818 g/mol. The number of benzene rings is 4. The first kappa shape index (κ1) is 46.2. The monoisotopic (exact) mass is 871 g/mol. The topological polar surface area (TPSA) is 169 Å². The zero-order chi connectivity index (χ0) is 45.8. The highest BCUT2D eigenvalue weighted by atomic mass is 35.5. The number of nitro groups is 1. The molecule has 2 amide bonds.